The number of carbonyl (C=O) groups excluding carboxylic acids is 2. The molecule has 0 heterocycles. The van der Waals surface area contributed by atoms with Crippen LogP contribution in [0.1, 0.15) is 41.5 Å². The number of nitrogens with one attached hydrogen (secondary N) is 2. The van der Waals surface area contributed by atoms with Crippen LogP contribution in [0, 0.1) is 5.82 Å². The Hall–Kier alpha value is -2.40. The highest BCUT2D eigenvalue weighted by atomic mass is 35.5. The minimum absolute atomic E-state index is 0.0777. The van der Waals surface area contributed by atoms with Gasteiger partial charge in [-0.1, -0.05) is 17.7 Å². The molecule has 2 N–H and O–H groups in total. The Morgan fingerprint density at radius 1 is 1.00 bits per heavy atom. The summed E-state index contributed by atoms with van der Waals surface area (Å²) in [6.45, 7) is 5.62. The van der Waals surface area contributed by atoms with Crippen molar-refractivity contribution in [3.8, 4) is 0 Å². The predicted octanol–water partition coefficient (Wildman–Crippen LogP) is 4.26. The average Bonchev–Trinajstić information content (AvgIpc) is 2.49. The van der Waals surface area contributed by atoms with E-state index in [4.69, 9.17) is 11.6 Å². The second-order valence-corrected chi connectivity index (χ2v) is 6.78. The van der Waals surface area contributed by atoms with E-state index in [1.165, 1.54) is 24.3 Å². The third-order valence-corrected chi connectivity index (χ3v) is 3.34. The van der Waals surface area contributed by atoms with Gasteiger partial charge >= 0.3 is 0 Å². The van der Waals surface area contributed by atoms with E-state index >= 15 is 0 Å². The summed E-state index contributed by atoms with van der Waals surface area (Å²) in [5.74, 6) is -1.24. The van der Waals surface area contributed by atoms with Crippen molar-refractivity contribution in [2.45, 2.75) is 26.3 Å². The highest BCUT2D eigenvalue weighted by Crippen LogP contribution is 2.20. The first-order chi connectivity index (χ1) is 11.2. The number of amides is 2. The van der Waals surface area contributed by atoms with Crippen molar-refractivity contribution in [2.24, 2.45) is 0 Å². The Morgan fingerprint density at radius 2 is 1.62 bits per heavy atom. The zero-order chi connectivity index (χ0) is 17.9. The van der Waals surface area contributed by atoms with Crippen LogP contribution in [0.3, 0.4) is 0 Å². The standard InChI is InChI=1S/C18H18ClFN2O2/c1-18(2,3)22-17(24)12-6-4-5-11(9-12)16(23)21-13-7-8-15(20)14(19)10-13/h4-10H,1-3H3,(H,21,23)(H,22,24). The fourth-order valence-corrected chi connectivity index (χ4v) is 2.17. The van der Waals surface area contributed by atoms with E-state index in [0.29, 0.717) is 16.8 Å². The van der Waals surface area contributed by atoms with E-state index in [0.717, 1.165) is 0 Å². The molecule has 0 bridgehead atoms. The Labute approximate surface area is 145 Å². The molecule has 24 heavy (non-hydrogen) atoms. The highest BCUT2D eigenvalue weighted by Gasteiger charge is 2.16. The number of hydrogen-bond acceptors (Lipinski definition) is 2. The van der Waals surface area contributed by atoms with E-state index in [2.05, 4.69) is 10.6 Å². The molecule has 2 amide bonds. The maximum Gasteiger partial charge on any atom is 0.255 e. The molecule has 0 aliphatic rings. The van der Waals surface area contributed by atoms with Crippen LogP contribution in [0.25, 0.3) is 0 Å². The van der Waals surface area contributed by atoms with Crippen molar-refractivity contribution in [1.82, 2.24) is 5.32 Å². The number of rotatable bonds is 3. The molecular formula is C18H18ClFN2O2. The predicted molar refractivity (Wildman–Crippen MR) is 93.0 cm³/mol. The summed E-state index contributed by atoms with van der Waals surface area (Å²) in [6.07, 6.45) is 0. The minimum atomic E-state index is -0.560. The molecule has 0 saturated carbocycles. The molecule has 2 aromatic rings. The van der Waals surface area contributed by atoms with Crippen molar-refractivity contribution >= 4 is 29.1 Å². The summed E-state index contributed by atoms with van der Waals surface area (Å²) < 4.78 is 13.1. The lowest BCUT2D eigenvalue weighted by molar-refractivity contribution is 0.0919. The van der Waals surface area contributed by atoms with Gasteiger partial charge in [0.15, 0.2) is 0 Å². The first-order valence-corrected chi connectivity index (χ1v) is 7.72. The van der Waals surface area contributed by atoms with Crippen LogP contribution in [0.5, 0.6) is 0 Å². The molecule has 2 rings (SSSR count). The van der Waals surface area contributed by atoms with Crippen LogP contribution in [-0.2, 0) is 0 Å². The van der Waals surface area contributed by atoms with Crippen LogP contribution in [0.4, 0.5) is 10.1 Å². The van der Waals surface area contributed by atoms with Crippen LogP contribution < -0.4 is 10.6 Å². The van der Waals surface area contributed by atoms with Crippen molar-refractivity contribution in [2.75, 3.05) is 5.32 Å². The second kappa shape index (κ2) is 7.01. The van der Waals surface area contributed by atoms with E-state index in [1.807, 2.05) is 20.8 Å². The molecule has 0 unspecified atom stereocenters. The third kappa shape index (κ3) is 4.80. The van der Waals surface area contributed by atoms with Crippen LogP contribution >= 0.6 is 11.6 Å². The highest BCUT2D eigenvalue weighted by molar-refractivity contribution is 6.31. The smallest absolute Gasteiger partial charge is 0.255 e. The lowest BCUT2D eigenvalue weighted by Gasteiger charge is -2.20. The van der Waals surface area contributed by atoms with Crippen molar-refractivity contribution in [3.05, 3.63) is 64.4 Å². The van der Waals surface area contributed by atoms with Crippen LogP contribution in [0.2, 0.25) is 5.02 Å². The van der Waals surface area contributed by atoms with Gasteiger partial charge in [-0.15, -0.1) is 0 Å². The van der Waals surface area contributed by atoms with Gasteiger partial charge in [0.05, 0.1) is 5.02 Å². The lowest BCUT2D eigenvalue weighted by atomic mass is 10.1. The van der Waals surface area contributed by atoms with Gasteiger partial charge in [0, 0.05) is 22.4 Å². The van der Waals surface area contributed by atoms with Crippen molar-refractivity contribution in [1.29, 1.82) is 0 Å². The topological polar surface area (TPSA) is 58.2 Å². The second-order valence-electron chi connectivity index (χ2n) is 6.37. The molecule has 0 fully saturated rings. The van der Waals surface area contributed by atoms with Gasteiger partial charge in [-0.05, 0) is 57.2 Å². The quantitative estimate of drug-likeness (QED) is 0.870. The molecule has 2 aromatic carbocycles. The molecule has 0 aromatic heterocycles. The Kier molecular flexibility index (Phi) is 5.24. The first kappa shape index (κ1) is 17.9. The molecular weight excluding hydrogens is 331 g/mol. The molecule has 0 saturated heterocycles. The van der Waals surface area contributed by atoms with Gasteiger partial charge in [0.25, 0.3) is 11.8 Å². The normalized spacial score (nSPS) is 11.0. The molecule has 4 nitrogen and oxygen atoms in total. The van der Waals surface area contributed by atoms with E-state index in [-0.39, 0.29) is 16.5 Å². The van der Waals surface area contributed by atoms with Crippen molar-refractivity contribution < 1.29 is 14.0 Å². The minimum Gasteiger partial charge on any atom is -0.347 e. The molecule has 0 spiro atoms. The van der Waals surface area contributed by atoms with Crippen LogP contribution in [0.15, 0.2) is 42.5 Å². The fraction of sp³-hybridized carbons (Fsp3) is 0.222. The first-order valence-electron chi connectivity index (χ1n) is 7.35. The lowest BCUT2D eigenvalue weighted by Crippen LogP contribution is -2.40. The number of halogens is 2. The van der Waals surface area contributed by atoms with E-state index in [1.54, 1.807) is 18.2 Å². The number of carbonyl (C=O) groups is 2. The summed E-state index contributed by atoms with van der Waals surface area (Å²) >= 11 is 5.69. The summed E-state index contributed by atoms with van der Waals surface area (Å²) in [6, 6.07) is 10.3. The maximum absolute atomic E-state index is 13.1. The van der Waals surface area contributed by atoms with Gasteiger partial charge in [-0.2, -0.15) is 0 Å². The molecule has 0 aliphatic carbocycles. The Bertz CT molecular complexity index is 785. The Morgan fingerprint density at radius 3 is 2.21 bits per heavy atom. The third-order valence-electron chi connectivity index (χ3n) is 3.05. The molecule has 0 radical (unpaired) electrons. The largest absolute Gasteiger partial charge is 0.347 e. The number of benzene rings is 2. The summed E-state index contributed by atoms with van der Waals surface area (Å²) in [5, 5.41) is 5.38. The van der Waals surface area contributed by atoms with Gasteiger partial charge in [0.1, 0.15) is 5.82 Å². The zero-order valence-electron chi connectivity index (χ0n) is 13.6. The maximum atomic E-state index is 13.1. The van der Waals surface area contributed by atoms with Gasteiger partial charge in [-0.3, -0.25) is 9.59 Å². The Balaban J connectivity index is 2.16. The van der Waals surface area contributed by atoms with Crippen LogP contribution in [-0.4, -0.2) is 17.4 Å². The summed E-state index contributed by atoms with van der Waals surface area (Å²) in [7, 11) is 0. The molecule has 6 heteroatoms. The fourth-order valence-electron chi connectivity index (χ4n) is 1.99. The molecule has 0 atom stereocenters. The van der Waals surface area contributed by atoms with Crippen molar-refractivity contribution in [3.63, 3.8) is 0 Å². The molecule has 126 valence electrons. The summed E-state index contributed by atoms with van der Waals surface area (Å²) in [4.78, 5) is 24.5. The van der Waals surface area contributed by atoms with Gasteiger partial charge in [-0.25, -0.2) is 4.39 Å². The summed E-state index contributed by atoms with van der Waals surface area (Å²) in [5.41, 5.74) is 0.697. The molecule has 0 aliphatic heterocycles. The van der Waals surface area contributed by atoms with Gasteiger partial charge in [0.2, 0.25) is 0 Å². The average molecular weight is 349 g/mol. The van der Waals surface area contributed by atoms with E-state index < -0.39 is 11.7 Å². The SMILES string of the molecule is CC(C)(C)NC(=O)c1cccc(C(=O)Nc2ccc(F)c(Cl)c2)c1. The number of hydrogen-bond donors (Lipinski definition) is 2. The van der Waals surface area contributed by atoms with E-state index in [9.17, 15) is 14.0 Å². The monoisotopic (exact) mass is 348 g/mol. The number of anilines is 1. The van der Waals surface area contributed by atoms with Gasteiger partial charge < -0.3 is 10.6 Å². The zero-order valence-corrected chi connectivity index (χ0v) is 14.4.